The van der Waals surface area contributed by atoms with Gasteiger partial charge in [-0.3, -0.25) is 14.9 Å². The van der Waals surface area contributed by atoms with E-state index >= 15 is 0 Å². The summed E-state index contributed by atoms with van der Waals surface area (Å²) in [4.78, 5) is 25.0. The van der Waals surface area contributed by atoms with Gasteiger partial charge < -0.3 is 4.90 Å². The Hall–Kier alpha value is -1.86. The molecule has 0 bridgehead atoms. The standard InChI is InChI=1S/C16H13BrN2O3S/c17-13-6-4-11(5-7-13)15(20)18-8-9-23-16(18)12-2-1-3-14(10-12)19(21)22/h1-7,10,16H,8-9H2/t16-/m1/s1. The molecule has 23 heavy (non-hydrogen) atoms. The number of hydrogen-bond acceptors (Lipinski definition) is 4. The molecule has 1 aliphatic heterocycles. The Bertz CT molecular complexity index is 751. The number of carbonyl (C=O) groups is 1. The zero-order valence-corrected chi connectivity index (χ0v) is 14.4. The SMILES string of the molecule is O=C(c1ccc(Br)cc1)N1CCS[C@@H]1c1cccc([N+](=O)[O-])c1. The lowest BCUT2D eigenvalue weighted by atomic mass is 10.1. The van der Waals surface area contributed by atoms with E-state index in [2.05, 4.69) is 15.9 Å². The molecule has 1 saturated heterocycles. The predicted molar refractivity (Wildman–Crippen MR) is 93.5 cm³/mol. The average molecular weight is 393 g/mol. The first-order chi connectivity index (χ1) is 11.1. The first-order valence-corrected chi connectivity index (χ1v) is 8.83. The van der Waals surface area contributed by atoms with Gasteiger partial charge >= 0.3 is 0 Å². The fraction of sp³-hybridized carbons (Fsp3) is 0.188. The number of thioether (sulfide) groups is 1. The molecule has 2 aromatic rings. The molecule has 5 nitrogen and oxygen atoms in total. The number of nitro benzene ring substituents is 1. The van der Waals surface area contributed by atoms with Gasteiger partial charge in [-0.25, -0.2) is 0 Å². The van der Waals surface area contributed by atoms with E-state index in [1.54, 1.807) is 40.9 Å². The maximum atomic E-state index is 12.7. The molecule has 0 unspecified atom stereocenters. The lowest BCUT2D eigenvalue weighted by Crippen LogP contribution is -2.30. The first kappa shape index (κ1) is 16.0. The second kappa shape index (κ2) is 6.72. The number of halogens is 1. The van der Waals surface area contributed by atoms with Gasteiger partial charge in [0.15, 0.2) is 0 Å². The van der Waals surface area contributed by atoms with Crippen molar-refractivity contribution in [3.05, 3.63) is 74.2 Å². The summed E-state index contributed by atoms with van der Waals surface area (Å²) >= 11 is 4.98. The van der Waals surface area contributed by atoms with Crippen LogP contribution in [0.3, 0.4) is 0 Å². The topological polar surface area (TPSA) is 63.5 Å². The van der Waals surface area contributed by atoms with Crippen LogP contribution in [0.15, 0.2) is 53.0 Å². The monoisotopic (exact) mass is 392 g/mol. The Morgan fingerprint density at radius 1 is 1.26 bits per heavy atom. The van der Waals surface area contributed by atoms with Gasteiger partial charge in [0.25, 0.3) is 11.6 Å². The maximum Gasteiger partial charge on any atom is 0.269 e. The van der Waals surface area contributed by atoms with Crippen molar-refractivity contribution < 1.29 is 9.72 Å². The van der Waals surface area contributed by atoms with Gasteiger partial charge in [-0.15, -0.1) is 11.8 Å². The number of nitro groups is 1. The van der Waals surface area contributed by atoms with Gasteiger partial charge in [0.2, 0.25) is 0 Å². The summed E-state index contributed by atoms with van der Waals surface area (Å²) in [7, 11) is 0. The minimum absolute atomic E-state index is 0.0473. The number of carbonyl (C=O) groups excluding carboxylic acids is 1. The summed E-state index contributed by atoms with van der Waals surface area (Å²) in [5, 5.41) is 10.8. The van der Waals surface area contributed by atoms with Crippen LogP contribution in [0.5, 0.6) is 0 Å². The molecule has 1 aliphatic rings. The van der Waals surface area contributed by atoms with Crippen LogP contribution in [0.25, 0.3) is 0 Å². The molecule has 0 spiro atoms. The molecule has 1 amide bonds. The van der Waals surface area contributed by atoms with Crippen molar-refractivity contribution >= 4 is 39.3 Å². The second-order valence-corrected chi connectivity index (χ2v) is 7.18. The van der Waals surface area contributed by atoms with Crippen molar-refractivity contribution in [3.8, 4) is 0 Å². The zero-order chi connectivity index (χ0) is 16.4. The first-order valence-electron chi connectivity index (χ1n) is 6.99. The van der Waals surface area contributed by atoms with Crippen molar-refractivity contribution in [2.75, 3.05) is 12.3 Å². The molecule has 0 aromatic heterocycles. The van der Waals surface area contributed by atoms with Gasteiger partial charge in [-0.05, 0) is 29.8 Å². The van der Waals surface area contributed by atoms with Gasteiger partial charge in [0.05, 0.1) is 4.92 Å². The van der Waals surface area contributed by atoms with Crippen molar-refractivity contribution in [3.63, 3.8) is 0 Å². The fourth-order valence-electron chi connectivity index (χ4n) is 2.50. The van der Waals surface area contributed by atoms with Crippen LogP contribution in [-0.4, -0.2) is 28.0 Å². The molecule has 2 aromatic carbocycles. The zero-order valence-electron chi connectivity index (χ0n) is 12.0. The van der Waals surface area contributed by atoms with E-state index in [0.717, 1.165) is 15.8 Å². The van der Waals surface area contributed by atoms with Crippen LogP contribution in [0.1, 0.15) is 21.3 Å². The molecule has 1 fully saturated rings. The summed E-state index contributed by atoms with van der Waals surface area (Å²) in [5.74, 6) is 0.759. The third-order valence-electron chi connectivity index (χ3n) is 3.61. The van der Waals surface area contributed by atoms with E-state index in [-0.39, 0.29) is 17.0 Å². The highest BCUT2D eigenvalue weighted by Crippen LogP contribution is 2.39. The van der Waals surface area contributed by atoms with Gasteiger partial charge in [0.1, 0.15) is 5.37 Å². The van der Waals surface area contributed by atoms with E-state index < -0.39 is 4.92 Å². The Morgan fingerprint density at radius 2 is 2.00 bits per heavy atom. The van der Waals surface area contributed by atoms with Crippen molar-refractivity contribution in [2.45, 2.75) is 5.37 Å². The highest BCUT2D eigenvalue weighted by Gasteiger charge is 2.31. The van der Waals surface area contributed by atoms with E-state index in [1.807, 2.05) is 18.2 Å². The Morgan fingerprint density at radius 3 is 2.70 bits per heavy atom. The highest BCUT2D eigenvalue weighted by molar-refractivity contribution is 9.10. The van der Waals surface area contributed by atoms with Crippen molar-refractivity contribution in [1.29, 1.82) is 0 Å². The van der Waals surface area contributed by atoms with Crippen molar-refractivity contribution in [1.82, 2.24) is 4.90 Å². The average Bonchev–Trinajstić information content (AvgIpc) is 3.04. The third-order valence-corrected chi connectivity index (χ3v) is 5.40. The smallest absolute Gasteiger partial charge is 0.269 e. The Kier molecular flexibility index (Phi) is 4.68. The number of non-ortho nitro benzene ring substituents is 1. The summed E-state index contributed by atoms with van der Waals surface area (Å²) in [5.41, 5.74) is 1.45. The highest BCUT2D eigenvalue weighted by atomic mass is 79.9. The molecule has 3 rings (SSSR count). The number of nitrogens with zero attached hydrogens (tertiary/aromatic N) is 2. The number of benzene rings is 2. The molecule has 1 atom stereocenters. The van der Waals surface area contributed by atoms with E-state index in [0.29, 0.717) is 12.1 Å². The molecular formula is C16H13BrN2O3S. The largest absolute Gasteiger partial charge is 0.322 e. The third kappa shape index (κ3) is 3.40. The molecule has 0 saturated carbocycles. The number of amides is 1. The summed E-state index contributed by atoms with van der Waals surface area (Å²) < 4.78 is 0.917. The molecule has 118 valence electrons. The molecule has 0 aliphatic carbocycles. The lowest BCUT2D eigenvalue weighted by molar-refractivity contribution is -0.384. The quantitative estimate of drug-likeness (QED) is 0.578. The Balaban J connectivity index is 1.88. The molecule has 0 N–H and O–H groups in total. The molecule has 7 heteroatoms. The number of hydrogen-bond donors (Lipinski definition) is 0. The normalized spacial score (nSPS) is 17.3. The Labute approximate surface area is 146 Å². The molecule has 0 radical (unpaired) electrons. The van der Waals surface area contributed by atoms with Crippen LogP contribution in [0.2, 0.25) is 0 Å². The minimum atomic E-state index is -0.413. The van der Waals surface area contributed by atoms with Gasteiger partial charge in [0, 0.05) is 34.5 Å². The maximum absolute atomic E-state index is 12.7. The van der Waals surface area contributed by atoms with Crippen LogP contribution >= 0.6 is 27.7 Å². The van der Waals surface area contributed by atoms with Crippen LogP contribution < -0.4 is 0 Å². The molecular weight excluding hydrogens is 380 g/mol. The van der Waals surface area contributed by atoms with E-state index in [4.69, 9.17) is 0 Å². The lowest BCUT2D eigenvalue weighted by Gasteiger charge is -2.24. The van der Waals surface area contributed by atoms with Gasteiger partial charge in [-0.1, -0.05) is 28.1 Å². The minimum Gasteiger partial charge on any atom is -0.322 e. The fourth-order valence-corrected chi connectivity index (χ4v) is 4.01. The van der Waals surface area contributed by atoms with Crippen LogP contribution in [-0.2, 0) is 0 Å². The predicted octanol–water partition coefficient (Wildman–Crippen LogP) is 4.25. The van der Waals surface area contributed by atoms with Crippen LogP contribution in [0, 0.1) is 10.1 Å². The van der Waals surface area contributed by atoms with Crippen molar-refractivity contribution in [2.24, 2.45) is 0 Å². The van der Waals surface area contributed by atoms with E-state index in [1.165, 1.54) is 6.07 Å². The van der Waals surface area contributed by atoms with E-state index in [9.17, 15) is 14.9 Å². The summed E-state index contributed by atoms with van der Waals surface area (Å²) in [6.07, 6.45) is 0. The summed E-state index contributed by atoms with van der Waals surface area (Å²) in [6.45, 7) is 0.632. The molecule has 1 heterocycles. The summed E-state index contributed by atoms with van der Waals surface area (Å²) in [6, 6.07) is 13.7. The number of rotatable bonds is 3. The van der Waals surface area contributed by atoms with Crippen LogP contribution in [0.4, 0.5) is 5.69 Å². The second-order valence-electron chi connectivity index (χ2n) is 5.08. The van der Waals surface area contributed by atoms with Gasteiger partial charge in [-0.2, -0.15) is 0 Å².